The van der Waals surface area contributed by atoms with E-state index in [1.807, 2.05) is 97.9 Å². The molecule has 0 saturated heterocycles. The van der Waals surface area contributed by atoms with Crippen molar-refractivity contribution in [3.8, 4) is 0 Å². The number of hydrogen-bond acceptors (Lipinski definition) is 2. The first kappa shape index (κ1) is 18.9. The normalized spacial score (nSPS) is 11.0. The van der Waals surface area contributed by atoms with Crippen molar-refractivity contribution in [2.24, 2.45) is 0 Å². The summed E-state index contributed by atoms with van der Waals surface area (Å²) in [4.78, 5) is 24.5. The van der Waals surface area contributed by atoms with Gasteiger partial charge in [0, 0.05) is 5.29 Å². The van der Waals surface area contributed by atoms with Crippen LogP contribution in [0.4, 0.5) is 0 Å². The number of aliphatic carboxylic acids is 1. The van der Waals surface area contributed by atoms with Gasteiger partial charge in [0.1, 0.15) is 0 Å². The van der Waals surface area contributed by atoms with E-state index in [1.165, 1.54) is 0 Å². The largest absolute Gasteiger partial charge is 0.475 e. The number of benzene rings is 3. The Labute approximate surface area is 159 Å². The number of Topliss-reactive ketones (excluding diaryl/α,β-unsaturated/α-hetero) is 1. The zero-order valence-electron chi connectivity index (χ0n) is 15.1. The van der Waals surface area contributed by atoms with Crippen LogP contribution in [0.5, 0.6) is 0 Å². The highest BCUT2D eigenvalue weighted by Gasteiger charge is 2.34. The molecule has 3 aromatic carbocycles. The maximum absolute atomic E-state index is 12.8. The Morgan fingerprint density at radius 1 is 0.704 bits per heavy atom. The molecular weight excluding hydrogens is 355 g/mol. The topological polar surface area (TPSA) is 54.4 Å². The molecule has 0 saturated carbocycles. The zero-order chi connectivity index (χ0) is 19.3. The summed E-state index contributed by atoms with van der Waals surface area (Å²) in [5, 5.41) is 12.9. The van der Waals surface area contributed by atoms with E-state index in [9.17, 15) is 14.7 Å². The summed E-state index contributed by atoms with van der Waals surface area (Å²) in [7, 11) is 0. The van der Waals surface area contributed by atoms with Gasteiger partial charge in [-0.1, -0.05) is 97.9 Å². The number of carbonyl (C=O) groups is 2. The predicted molar refractivity (Wildman–Crippen MR) is 113 cm³/mol. The van der Waals surface area contributed by atoms with Gasteiger partial charge in [0.15, 0.2) is 0 Å². The zero-order valence-corrected chi connectivity index (χ0v) is 16.0. The van der Waals surface area contributed by atoms with Crippen molar-refractivity contribution in [3.63, 3.8) is 0 Å². The second-order valence-corrected chi connectivity index (χ2v) is 9.54. The molecule has 136 valence electrons. The van der Waals surface area contributed by atoms with Crippen LogP contribution in [0.3, 0.4) is 0 Å². The first-order valence-electron chi connectivity index (χ1n) is 8.82. The van der Waals surface area contributed by atoms with Gasteiger partial charge in [0.05, 0.1) is 0 Å². The molecule has 0 fully saturated rings. The Morgan fingerprint density at radius 2 is 1.04 bits per heavy atom. The van der Waals surface area contributed by atoms with Gasteiger partial charge in [-0.05, 0) is 29.2 Å². The molecule has 0 aromatic heterocycles. The summed E-state index contributed by atoms with van der Waals surface area (Å²) in [6.45, 7) is -0.726. The molecule has 0 atom stereocenters. The Kier molecular flexibility index (Phi) is 5.73. The van der Waals surface area contributed by atoms with Crippen LogP contribution in [0, 0.1) is 0 Å². The quantitative estimate of drug-likeness (QED) is 0.531. The maximum Gasteiger partial charge on any atom is 0.376 e. The molecule has 0 heterocycles. The second kappa shape index (κ2) is 8.20. The van der Waals surface area contributed by atoms with E-state index in [0.717, 1.165) is 15.9 Å². The smallest absolute Gasteiger partial charge is 0.376 e. The van der Waals surface area contributed by atoms with Gasteiger partial charge in [-0.15, -0.1) is 0 Å². The third-order valence-corrected chi connectivity index (χ3v) is 9.17. The molecule has 27 heavy (non-hydrogen) atoms. The first-order chi connectivity index (χ1) is 13.1. The van der Waals surface area contributed by atoms with Gasteiger partial charge < -0.3 is 5.11 Å². The van der Waals surface area contributed by atoms with Gasteiger partial charge in [-0.3, -0.25) is 4.79 Å². The summed E-state index contributed by atoms with van der Waals surface area (Å²) >= 11 is 0. The number of ketones is 1. The minimum absolute atomic E-state index is 0.373. The van der Waals surface area contributed by atoms with E-state index in [0.29, 0.717) is 11.7 Å². The highest BCUT2D eigenvalue weighted by atomic mass is 31.2. The number of hydrogen-bond donors (Lipinski definition) is 1. The molecule has 0 aliphatic heterocycles. The molecule has 1 N–H and O–H groups in total. The summed E-state index contributed by atoms with van der Waals surface area (Å²) < 4.78 is 0. The van der Waals surface area contributed by atoms with Gasteiger partial charge in [0.2, 0.25) is 0 Å². The van der Waals surface area contributed by atoms with Crippen LogP contribution in [0.1, 0.15) is 13.3 Å². The van der Waals surface area contributed by atoms with E-state index in [4.69, 9.17) is 0 Å². The molecule has 0 spiro atoms. The fourth-order valence-corrected chi connectivity index (χ4v) is 8.11. The monoisotopic (exact) mass is 376 g/mol. The molecule has 3 rings (SSSR count). The van der Waals surface area contributed by atoms with Crippen molar-refractivity contribution in [1.82, 2.24) is 0 Å². The molecule has 0 aliphatic rings. The predicted octanol–water partition coefficient (Wildman–Crippen LogP) is 3.22. The third kappa shape index (κ3) is 3.39. The minimum Gasteiger partial charge on any atom is -0.475 e. The molecular formula is C23H21O3P. The molecule has 3 aromatic rings. The maximum atomic E-state index is 12.8. The van der Waals surface area contributed by atoms with Crippen molar-refractivity contribution in [3.05, 3.63) is 91.0 Å². The molecule has 0 radical (unpaired) electrons. The molecule has 3 nitrogen and oxygen atoms in total. The van der Waals surface area contributed by atoms with E-state index in [2.05, 4.69) is 0 Å². The Hall–Kier alpha value is -2.90. The van der Waals surface area contributed by atoms with Crippen LogP contribution in [-0.4, -0.2) is 22.2 Å². The molecule has 0 unspecified atom stereocenters. The number of carbonyl (C=O) groups excluding carboxylic acids is 1. The van der Waals surface area contributed by atoms with Crippen LogP contribution >= 0.6 is 6.89 Å². The Balaban J connectivity index is 2.59. The van der Waals surface area contributed by atoms with Crippen molar-refractivity contribution in [2.75, 3.05) is 0 Å². The lowest BCUT2D eigenvalue weighted by atomic mass is 10.2. The van der Waals surface area contributed by atoms with E-state index in [-0.39, 0.29) is 0 Å². The summed E-state index contributed by atoms with van der Waals surface area (Å²) in [6.07, 6.45) is 0.373. The number of carboxylic acids is 1. The van der Waals surface area contributed by atoms with E-state index >= 15 is 0 Å². The van der Waals surface area contributed by atoms with Crippen LogP contribution in [0.2, 0.25) is 0 Å². The second-order valence-electron chi connectivity index (χ2n) is 6.11. The van der Waals surface area contributed by atoms with Gasteiger partial charge >= 0.3 is 5.97 Å². The van der Waals surface area contributed by atoms with Crippen LogP contribution in [-0.2, 0) is 9.59 Å². The summed E-state index contributed by atoms with van der Waals surface area (Å²) in [6, 6.07) is 29.4. The molecule has 0 amide bonds. The summed E-state index contributed by atoms with van der Waals surface area (Å²) in [5.74, 6) is -2.21. The third-order valence-electron chi connectivity index (χ3n) is 4.63. The average Bonchev–Trinajstić information content (AvgIpc) is 2.73. The lowest BCUT2D eigenvalue weighted by molar-refractivity contribution is -0.145. The van der Waals surface area contributed by atoms with Crippen molar-refractivity contribution in [2.45, 2.75) is 13.3 Å². The lowest BCUT2D eigenvalue weighted by Gasteiger charge is -2.31. The van der Waals surface area contributed by atoms with Gasteiger partial charge in [0.25, 0.3) is 5.78 Å². The van der Waals surface area contributed by atoms with E-state index in [1.54, 1.807) is 0 Å². The summed E-state index contributed by atoms with van der Waals surface area (Å²) in [5.41, 5.74) is 0. The van der Waals surface area contributed by atoms with Crippen LogP contribution in [0.25, 0.3) is 0 Å². The number of carboxylic acid groups (broad SMARTS) is 1. The molecule has 0 aliphatic carbocycles. The van der Waals surface area contributed by atoms with Crippen molar-refractivity contribution < 1.29 is 14.7 Å². The molecule has 4 heteroatoms. The standard InChI is InChI=1S/C23H21O3P/c1-2-21(22(24)23(25)26)27(18-12-6-3-7-13-18,19-14-8-4-9-15-19)20-16-10-5-11-17-20/h3-17H,2H2,1H3,(H,25,26). The first-order valence-corrected chi connectivity index (χ1v) is 10.6. The van der Waals surface area contributed by atoms with Crippen LogP contribution in [0.15, 0.2) is 91.0 Å². The van der Waals surface area contributed by atoms with Crippen LogP contribution < -0.4 is 15.9 Å². The SMILES string of the molecule is CCC(C(=O)C(=O)O)=P(c1ccccc1)(c1ccccc1)c1ccccc1. The lowest BCUT2D eigenvalue weighted by Crippen LogP contribution is -2.35. The van der Waals surface area contributed by atoms with Gasteiger partial charge in [-0.25, -0.2) is 4.79 Å². The van der Waals surface area contributed by atoms with Crippen molar-refractivity contribution >= 4 is 39.8 Å². The highest BCUT2D eigenvalue weighted by molar-refractivity contribution is 7.96. The fourth-order valence-electron chi connectivity index (χ4n) is 3.54. The average molecular weight is 376 g/mol. The van der Waals surface area contributed by atoms with Crippen molar-refractivity contribution in [1.29, 1.82) is 0 Å². The highest BCUT2D eigenvalue weighted by Crippen LogP contribution is 2.47. The number of rotatable bonds is 6. The van der Waals surface area contributed by atoms with Gasteiger partial charge in [-0.2, -0.15) is 0 Å². The minimum atomic E-state index is -2.59. The Bertz CT molecular complexity index is 890. The fraction of sp³-hybridized carbons (Fsp3) is 0.0870. The Morgan fingerprint density at radius 3 is 1.30 bits per heavy atom. The van der Waals surface area contributed by atoms with E-state index < -0.39 is 18.6 Å². The molecule has 0 bridgehead atoms.